The fourth-order valence-corrected chi connectivity index (χ4v) is 3.58. The first kappa shape index (κ1) is 13.6. The number of fused-ring (bicyclic) bond motifs is 1. The van der Waals surface area contributed by atoms with Gasteiger partial charge >= 0.3 is 0 Å². The molecule has 3 rings (SSSR count). The molecule has 2 heteroatoms. The van der Waals surface area contributed by atoms with Gasteiger partial charge in [0.2, 0.25) is 0 Å². The van der Waals surface area contributed by atoms with E-state index >= 15 is 0 Å². The van der Waals surface area contributed by atoms with Crippen LogP contribution in [0.15, 0.2) is 36.5 Å². The molecule has 0 bridgehead atoms. The minimum absolute atomic E-state index is 0.450. The van der Waals surface area contributed by atoms with Gasteiger partial charge in [-0.05, 0) is 37.1 Å². The van der Waals surface area contributed by atoms with Gasteiger partial charge in [-0.15, -0.1) is 0 Å². The molecule has 1 aliphatic rings. The summed E-state index contributed by atoms with van der Waals surface area (Å²) < 4.78 is 0. The zero-order valence-electron chi connectivity index (χ0n) is 12.3. The topological polar surface area (TPSA) is 24.9 Å². The predicted octanol–water partition coefficient (Wildman–Crippen LogP) is 4.47. The number of benzene rings is 1. The molecule has 0 spiro atoms. The molecule has 20 heavy (non-hydrogen) atoms. The highest BCUT2D eigenvalue weighted by Crippen LogP contribution is 2.33. The summed E-state index contributed by atoms with van der Waals surface area (Å²) in [6.45, 7) is 0. The minimum Gasteiger partial charge on any atom is -0.313 e. The molecule has 1 heterocycles. The summed E-state index contributed by atoms with van der Waals surface area (Å²) in [5.41, 5.74) is 2.51. The fourth-order valence-electron chi connectivity index (χ4n) is 3.58. The highest BCUT2D eigenvalue weighted by Gasteiger charge is 2.20. The molecule has 2 nitrogen and oxygen atoms in total. The van der Waals surface area contributed by atoms with Gasteiger partial charge in [-0.1, -0.05) is 50.3 Å². The van der Waals surface area contributed by atoms with Crippen molar-refractivity contribution < 1.29 is 0 Å². The molecule has 0 aliphatic heterocycles. The van der Waals surface area contributed by atoms with Gasteiger partial charge in [0.15, 0.2) is 0 Å². The Labute approximate surface area is 121 Å². The summed E-state index contributed by atoms with van der Waals surface area (Å²) in [5.74, 6) is 0.883. The van der Waals surface area contributed by atoms with Crippen LogP contribution in [0.1, 0.15) is 50.1 Å². The molecule has 1 saturated carbocycles. The van der Waals surface area contributed by atoms with Crippen LogP contribution in [-0.2, 0) is 0 Å². The smallest absolute Gasteiger partial charge is 0.0705 e. The lowest BCUT2D eigenvalue weighted by molar-refractivity contribution is 0.306. The van der Waals surface area contributed by atoms with Crippen molar-refractivity contribution >= 4 is 10.9 Å². The zero-order valence-corrected chi connectivity index (χ0v) is 12.3. The Hall–Kier alpha value is -1.41. The van der Waals surface area contributed by atoms with E-state index in [9.17, 15) is 0 Å². The van der Waals surface area contributed by atoms with E-state index in [0.717, 1.165) is 11.4 Å². The molecular weight excluding hydrogens is 244 g/mol. The Morgan fingerprint density at radius 1 is 1.15 bits per heavy atom. The summed E-state index contributed by atoms with van der Waals surface area (Å²) in [5, 5.41) is 4.83. The quantitative estimate of drug-likeness (QED) is 0.885. The van der Waals surface area contributed by atoms with Crippen LogP contribution in [0.2, 0.25) is 0 Å². The minimum atomic E-state index is 0.450. The summed E-state index contributed by atoms with van der Waals surface area (Å²) in [6.07, 6.45) is 10.3. The highest BCUT2D eigenvalue weighted by atomic mass is 14.9. The molecule has 1 unspecified atom stereocenters. The van der Waals surface area contributed by atoms with E-state index in [1.165, 1.54) is 49.5 Å². The van der Waals surface area contributed by atoms with Gasteiger partial charge in [-0.3, -0.25) is 4.98 Å². The molecular formula is C18H24N2. The molecule has 1 aromatic heterocycles. The van der Waals surface area contributed by atoms with Crippen LogP contribution in [0.25, 0.3) is 10.9 Å². The molecule has 1 fully saturated rings. The van der Waals surface area contributed by atoms with E-state index in [1.807, 2.05) is 6.20 Å². The van der Waals surface area contributed by atoms with Crippen LogP contribution < -0.4 is 5.32 Å². The third-order valence-electron chi connectivity index (χ3n) is 4.70. The number of hydrogen-bond acceptors (Lipinski definition) is 2. The lowest BCUT2D eigenvalue weighted by Gasteiger charge is -2.27. The molecule has 1 aromatic carbocycles. The van der Waals surface area contributed by atoms with Gasteiger partial charge in [0.1, 0.15) is 0 Å². The van der Waals surface area contributed by atoms with Crippen molar-refractivity contribution in [3.05, 3.63) is 42.1 Å². The summed E-state index contributed by atoms with van der Waals surface area (Å²) >= 11 is 0. The van der Waals surface area contributed by atoms with Crippen LogP contribution in [0.5, 0.6) is 0 Å². The molecule has 1 aliphatic carbocycles. The van der Waals surface area contributed by atoms with E-state index in [2.05, 4.69) is 47.7 Å². The average Bonchev–Trinajstić information content (AvgIpc) is 2.53. The van der Waals surface area contributed by atoms with Crippen molar-refractivity contribution in [1.82, 2.24) is 10.3 Å². The molecule has 106 valence electrons. The lowest BCUT2D eigenvalue weighted by Crippen LogP contribution is -2.21. The third-order valence-corrected chi connectivity index (χ3v) is 4.70. The van der Waals surface area contributed by atoms with Gasteiger partial charge in [0.25, 0.3) is 0 Å². The maximum atomic E-state index is 4.48. The van der Waals surface area contributed by atoms with Gasteiger partial charge in [-0.25, -0.2) is 0 Å². The second-order valence-corrected chi connectivity index (χ2v) is 6.00. The molecule has 2 aromatic rings. The molecule has 1 N–H and O–H groups in total. The largest absolute Gasteiger partial charge is 0.313 e. The van der Waals surface area contributed by atoms with Crippen LogP contribution in [-0.4, -0.2) is 12.0 Å². The van der Waals surface area contributed by atoms with E-state index in [4.69, 9.17) is 0 Å². The Morgan fingerprint density at radius 3 is 2.75 bits per heavy atom. The van der Waals surface area contributed by atoms with Crippen LogP contribution in [0.3, 0.4) is 0 Å². The van der Waals surface area contributed by atoms with E-state index < -0.39 is 0 Å². The molecule has 0 amide bonds. The van der Waals surface area contributed by atoms with Gasteiger partial charge < -0.3 is 5.32 Å². The Bertz CT molecular complexity index is 553. The number of nitrogens with one attached hydrogen (secondary N) is 1. The summed E-state index contributed by atoms with van der Waals surface area (Å²) in [6, 6.07) is 11.1. The van der Waals surface area contributed by atoms with Gasteiger partial charge in [-0.2, -0.15) is 0 Å². The number of para-hydroxylation sites is 1. The van der Waals surface area contributed by atoms with E-state index in [1.54, 1.807) is 0 Å². The van der Waals surface area contributed by atoms with Gasteiger partial charge in [0.05, 0.1) is 5.52 Å². The van der Waals surface area contributed by atoms with Crippen molar-refractivity contribution in [1.29, 1.82) is 0 Å². The first-order valence-corrected chi connectivity index (χ1v) is 7.89. The van der Waals surface area contributed by atoms with Crippen molar-refractivity contribution in [2.75, 3.05) is 7.05 Å². The maximum Gasteiger partial charge on any atom is 0.0705 e. The van der Waals surface area contributed by atoms with Crippen LogP contribution in [0.4, 0.5) is 0 Å². The number of pyridine rings is 1. The number of hydrogen-bond donors (Lipinski definition) is 1. The SMILES string of the molecule is CNC(CC1CCCCC1)c1ccnc2ccccc12. The molecule has 0 saturated heterocycles. The lowest BCUT2D eigenvalue weighted by atomic mass is 9.83. The molecule has 0 radical (unpaired) electrons. The monoisotopic (exact) mass is 268 g/mol. The van der Waals surface area contributed by atoms with Gasteiger partial charge in [0, 0.05) is 17.6 Å². The number of rotatable bonds is 4. The number of nitrogens with zero attached hydrogens (tertiary/aromatic N) is 1. The maximum absolute atomic E-state index is 4.48. The van der Waals surface area contributed by atoms with Crippen molar-refractivity contribution in [3.8, 4) is 0 Å². The Balaban J connectivity index is 1.86. The standard InChI is InChI=1S/C18H24N2/c1-19-18(13-14-7-3-2-4-8-14)16-11-12-20-17-10-6-5-9-15(16)17/h5-6,9-12,14,18-19H,2-4,7-8,13H2,1H3. The van der Waals surface area contributed by atoms with E-state index in [-0.39, 0.29) is 0 Å². The Kier molecular flexibility index (Phi) is 4.31. The van der Waals surface area contributed by atoms with Crippen LogP contribution >= 0.6 is 0 Å². The first-order chi connectivity index (χ1) is 9.88. The van der Waals surface area contributed by atoms with Crippen molar-refractivity contribution in [3.63, 3.8) is 0 Å². The predicted molar refractivity (Wildman–Crippen MR) is 84.7 cm³/mol. The van der Waals surface area contributed by atoms with Crippen molar-refractivity contribution in [2.24, 2.45) is 5.92 Å². The number of aromatic nitrogens is 1. The normalized spacial score (nSPS) is 18.2. The zero-order chi connectivity index (χ0) is 13.8. The second kappa shape index (κ2) is 6.36. The van der Waals surface area contributed by atoms with Crippen molar-refractivity contribution in [2.45, 2.75) is 44.6 Å². The molecule has 1 atom stereocenters. The third kappa shape index (κ3) is 2.85. The first-order valence-electron chi connectivity index (χ1n) is 7.89. The van der Waals surface area contributed by atoms with E-state index in [0.29, 0.717) is 6.04 Å². The Morgan fingerprint density at radius 2 is 1.95 bits per heavy atom. The van der Waals surface area contributed by atoms with Crippen LogP contribution in [0, 0.1) is 5.92 Å². The second-order valence-electron chi connectivity index (χ2n) is 6.00. The average molecular weight is 268 g/mol. The fraction of sp³-hybridized carbons (Fsp3) is 0.500. The summed E-state index contributed by atoms with van der Waals surface area (Å²) in [4.78, 5) is 4.48. The summed E-state index contributed by atoms with van der Waals surface area (Å²) in [7, 11) is 2.09. The highest BCUT2D eigenvalue weighted by molar-refractivity contribution is 5.82.